The minimum Gasteiger partial charge on any atom is -0.480 e. The van der Waals surface area contributed by atoms with Crippen molar-refractivity contribution >= 4 is 17.8 Å². The topological polar surface area (TPSA) is 74.7 Å². The predicted molar refractivity (Wildman–Crippen MR) is 52.0 cm³/mol. The van der Waals surface area contributed by atoms with Crippen molar-refractivity contribution in [2.45, 2.75) is 45.1 Å². The van der Waals surface area contributed by atoms with Crippen molar-refractivity contribution in [3.63, 3.8) is 0 Å². The molecule has 5 heteroatoms. The van der Waals surface area contributed by atoms with Gasteiger partial charge in [0.25, 0.3) is 0 Å². The van der Waals surface area contributed by atoms with E-state index in [1.807, 2.05) is 0 Å². The molecule has 0 aromatic rings. The van der Waals surface area contributed by atoms with Crippen molar-refractivity contribution in [2.75, 3.05) is 0 Å². The van der Waals surface area contributed by atoms with Gasteiger partial charge in [-0.1, -0.05) is 0 Å². The van der Waals surface area contributed by atoms with Crippen molar-refractivity contribution < 1.29 is 19.5 Å². The highest BCUT2D eigenvalue weighted by Crippen LogP contribution is 2.22. The van der Waals surface area contributed by atoms with Gasteiger partial charge < -0.3 is 5.11 Å². The molecule has 0 unspecified atom stereocenters. The first kappa shape index (κ1) is 11.7. The van der Waals surface area contributed by atoms with Crippen LogP contribution in [0.15, 0.2) is 0 Å². The molecule has 0 bridgehead atoms. The maximum Gasteiger partial charge on any atom is 0.329 e. The molecule has 1 aliphatic rings. The van der Waals surface area contributed by atoms with E-state index in [1.54, 1.807) is 0 Å². The van der Waals surface area contributed by atoms with Gasteiger partial charge in [-0.3, -0.25) is 14.5 Å². The zero-order valence-electron chi connectivity index (χ0n) is 8.95. The van der Waals surface area contributed by atoms with Crippen LogP contribution in [0.5, 0.6) is 0 Å². The molecule has 1 rings (SSSR count). The van der Waals surface area contributed by atoms with Gasteiger partial charge in [-0.25, -0.2) is 4.79 Å². The Labute approximate surface area is 88.1 Å². The lowest BCUT2D eigenvalue weighted by Gasteiger charge is -2.32. The van der Waals surface area contributed by atoms with Crippen molar-refractivity contribution in [1.29, 1.82) is 0 Å². The largest absolute Gasteiger partial charge is 0.480 e. The van der Waals surface area contributed by atoms with Crippen LogP contribution in [0.3, 0.4) is 0 Å². The Morgan fingerprint density at radius 2 is 1.60 bits per heavy atom. The van der Waals surface area contributed by atoms with Crippen molar-refractivity contribution in [1.82, 2.24) is 4.90 Å². The van der Waals surface area contributed by atoms with Gasteiger partial charge in [-0.2, -0.15) is 0 Å². The van der Waals surface area contributed by atoms with Gasteiger partial charge in [0.05, 0.1) is 0 Å². The number of aliphatic carboxylic acids is 1. The minimum absolute atomic E-state index is 0.252. The Kier molecular flexibility index (Phi) is 3.12. The lowest BCUT2D eigenvalue weighted by atomic mass is 10.0. The highest BCUT2D eigenvalue weighted by Gasteiger charge is 2.42. The first-order chi connectivity index (χ1) is 6.87. The third-order valence-electron chi connectivity index (χ3n) is 2.61. The molecule has 5 nitrogen and oxygen atoms in total. The summed E-state index contributed by atoms with van der Waals surface area (Å²) in [7, 11) is 0. The Hall–Kier alpha value is -1.39. The van der Waals surface area contributed by atoms with Gasteiger partial charge in [0.2, 0.25) is 11.8 Å². The van der Waals surface area contributed by atoms with Crippen LogP contribution in [-0.2, 0) is 14.4 Å². The molecular formula is C10H15NO4. The summed E-state index contributed by atoms with van der Waals surface area (Å²) < 4.78 is 0. The van der Waals surface area contributed by atoms with Gasteiger partial charge in [-0.05, 0) is 26.7 Å². The second-order valence-corrected chi connectivity index (χ2v) is 4.19. The number of carbonyl (C=O) groups is 3. The Bertz CT molecular complexity index is 291. The van der Waals surface area contributed by atoms with Crippen LogP contribution in [-0.4, -0.2) is 33.3 Å². The second kappa shape index (κ2) is 4.00. The molecule has 0 aliphatic carbocycles. The van der Waals surface area contributed by atoms with E-state index >= 15 is 0 Å². The molecule has 1 fully saturated rings. The summed E-state index contributed by atoms with van der Waals surface area (Å²) in [5.74, 6) is -1.93. The van der Waals surface area contributed by atoms with Gasteiger partial charge >= 0.3 is 5.97 Å². The third-order valence-corrected chi connectivity index (χ3v) is 2.61. The fourth-order valence-electron chi connectivity index (χ4n) is 1.63. The fraction of sp³-hybridized carbons (Fsp3) is 0.700. The summed E-state index contributed by atoms with van der Waals surface area (Å²) in [6, 6.07) is 0. The maximum atomic E-state index is 11.6. The standard InChI is InChI=1S/C10H15NO4/c1-10(2,9(14)15)11-7(12)5-3-4-6-8(11)13/h3-6H2,1-2H3,(H,14,15). The molecule has 1 heterocycles. The van der Waals surface area contributed by atoms with E-state index in [-0.39, 0.29) is 24.7 Å². The van der Waals surface area contributed by atoms with E-state index in [4.69, 9.17) is 5.11 Å². The molecular weight excluding hydrogens is 198 g/mol. The number of imide groups is 1. The number of amides is 2. The number of likely N-dealkylation sites (tertiary alicyclic amines) is 1. The van der Waals surface area contributed by atoms with Crippen LogP contribution >= 0.6 is 0 Å². The highest BCUT2D eigenvalue weighted by molar-refractivity contribution is 6.01. The monoisotopic (exact) mass is 213 g/mol. The zero-order chi connectivity index (χ0) is 11.6. The average molecular weight is 213 g/mol. The number of hydrogen-bond acceptors (Lipinski definition) is 3. The second-order valence-electron chi connectivity index (χ2n) is 4.19. The van der Waals surface area contributed by atoms with Crippen LogP contribution in [0.1, 0.15) is 39.5 Å². The van der Waals surface area contributed by atoms with Crippen LogP contribution in [0.25, 0.3) is 0 Å². The van der Waals surface area contributed by atoms with E-state index in [2.05, 4.69) is 0 Å². The molecule has 1 saturated heterocycles. The third kappa shape index (κ3) is 2.16. The van der Waals surface area contributed by atoms with E-state index in [0.29, 0.717) is 12.8 Å². The Morgan fingerprint density at radius 1 is 1.20 bits per heavy atom. The van der Waals surface area contributed by atoms with Crippen molar-refractivity contribution in [3.05, 3.63) is 0 Å². The number of carboxylic acids is 1. The smallest absolute Gasteiger partial charge is 0.329 e. The summed E-state index contributed by atoms with van der Waals surface area (Å²) in [5, 5.41) is 8.97. The molecule has 0 aromatic heterocycles. The molecule has 0 atom stereocenters. The molecule has 15 heavy (non-hydrogen) atoms. The normalized spacial score (nSPS) is 18.9. The molecule has 1 aliphatic heterocycles. The highest BCUT2D eigenvalue weighted by atomic mass is 16.4. The summed E-state index contributed by atoms with van der Waals surface area (Å²) in [6.45, 7) is 2.74. The first-order valence-corrected chi connectivity index (χ1v) is 4.96. The van der Waals surface area contributed by atoms with Gasteiger partial charge in [0.1, 0.15) is 5.54 Å². The Morgan fingerprint density at radius 3 is 1.93 bits per heavy atom. The first-order valence-electron chi connectivity index (χ1n) is 4.96. The van der Waals surface area contributed by atoms with Crippen LogP contribution in [0.4, 0.5) is 0 Å². The fourth-order valence-corrected chi connectivity index (χ4v) is 1.63. The summed E-state index contributed by atoms with van der Waals surface area (Å²) in [6.07, 6.45) is 1.80. The molecule has 84 valence electrons. The molecule has 1 N–H and O–H groups in total. The summed E-state index contributed by atoms with van der Waals surface area (Å²) >= 11 is 0. The van der Waals surface area contributed by atoms with E-state index in [0.717, 1.165) is 4.90 Å². The van der Waals surface area contributed by atoms with Crippen LogP contribution < -0.4 is 0 Å². The van der Waals surface area contributed by atoms with Gasteiger partial charge in [0.15, 0.2) is 0 Å². The van der Waals surface area contributed by atoms with Crippen LogP contribution in [0.2, 0.25) is 0 Å². The lowest BCUT2D eigenvalue weighted by Crippen LogP contribution is -2.55. The van der Waals surface area contributed by atoms with Crippen LogP contribution in [0, 0.1) is 0 Å². The SMILES string of the molecule is CC(C)(C(=O)O)N1C(=O)CCCCC1=O. The van der Waals surface area contributed by atoms with Crippen molar-refractivity contribution in [3.8, 4) is 0 Å². The summed E-state index contributed by atoms with van der Waals surface area (Å²) in [4.78, 5) is 35.1. The summed E-state index contributed by atoms with van der Waals surface area (Å²) in [5.41, 5.74) is -1.45. The van der Waals surface area contributed by atoms with Gasteiger partial charge in [0, 0.05) is 12.8 Å². The Balaban J connectivity index is 3.02. The number of hydrogen-bond donors (Lipinski definition) is 1. The molecule has 0 radical (unpaired) electrons. The molecule has 0 spiro atoms. The van der Waals surface area contributed by atoms with E-state index in [1.165, 1.54) is 13.8 Å². The minimum atomic E-state index is -1.45. The quantitative estimate of drug-likeness (QED) is 0.688. The number of carbonyl (C=O) groups excluding carboxylic acids is 2. The number of rotatable bonds is 2. The zero-order valence-corrected chi connectivity index (χ0v) is 8.95. The van der Waals surface area contributed by atoms with E-state index in [9.17, 15) is 14.4 Å². The maximum absolute atomic E-state index is 11.6. The van der Waals surface area contributed by atoms with E-state index < -0.39 is 11.5 Å². The predicted octanol–water partition coefficient (Wildman–Crippen LogP) is 0.779. The van der Waals surface area contributed by atoms with Crippen molar-refractivity contribution in [2.24, 2.45) is 0 Å². The van der Waals surface area contributed by atoms with Gasteiger partial charge in [-0.15, -0.1) is 0 Å². The number of nitrogens with zero attached hydrogens (tertiary/aromatic N) is 1. The lowest BCUT2D eigenvalue weighted by molar-refractivity contribution is -0.163. The molecule has 0 aromatic carbocycles. The molecule has 2 amide bonds. The molecule has 0 saturated carbocycles. The number of carboxylic acid groups (broad SMARTS) is 1. The average Bonchev–Trinajstić information content (AvgIpc) is 2.27.